The second kappa shape index (κ2) is 7.93. The number of nitriles is 1. The van der Waals surface area contributed by atoms with Crippen molar-refractivity contribution in [1.82, 2.24) is 0 Å². The van der Waals surface area contributed by atoms with E-state index in [1.807, 2.05) is 6.92 Å². The Bertz CT molecular complexity index is 907. The molecule has 3 rings (SSSR count). The zero-order chi connectivity index (χ0) is 18.8. The molecule has 1 aromatic heterocycles. The third-order valence-corrected chi connectivity index (χ3v) is 6.30. The molecule has 0 saturated heterocycles. The highest BCUT2D eigenvalue weighted by Gasteiger charge is 2.24. The van der Waals surface area contributed by atoms with Crippen LogP contribution in [0.5, 0.6) is 0 Å². The number of amides is 1. The number of rotatable bonds is 5. The lowest BCUT2D eigenvalue weighted by Crippen LogP contribution is -2.86. The number of hydrogen-bond donors (Lipinski definition) is 2. The first-order chi connectivity index (χ1) is 12.4. The standard InChI is InChI=1S/C18H16Cl2FN3OS/c1-9(11-5-15(21)14(20)6-13(11)19)23-8-17(25)24-18-12(7-22)10-3-2-4-16(10)26-18/h5-6,9,23H,2-4,8H2,1H3,(H,24,25)/p+1/t9-/m1/s1. The summed E-state index contributed by atoms with van der Waals surface area (Å²) in [7, 11) is 0. The summed E-state index contributed by atoms with van der Waals surface area (Å²) >= 11 is 13.3. The van der Waals surface area contributed by atoms with Gasteiger partial charge in [-0.15, -0.1) is 11.3 Å². The summed E-state index contributed by atoms with van der Waals surface area (Å²) in [6, 6.07) is 4.64. The summed E-state index contributed by atoms with van der Waals surface area (Å²) < 4.78 is 13.7. The zero-order valence-electron chi connectivity index (χ0n) is 14.0. The molecule has 1 aliphatic carbocycles. The predicted molar refractivity (Wildman–Crippen MR) is 101 cm³/mol. The van der Waals surface area contributed by atoms with E-state index in [0.29, 0.717) is 21.2 Å². The van der Waals surface area contributed by atoms with E-state index < -0.39 is 5.82 Å². The van der Waals surface area contributed by atoms with Crippen LogP contribution in [0.2, 0.25) is 10.0 Å². The van der Waals surface area contributed by atoms with Gasteiger partial charge in [0.05, 0.1) is 15.6 Å². The van der Waals surface area contributed by atoms with Gasteiger partial charge in [0.25, 0.3) is 5.91 Å². The van der Waals surface area contributed by atoms with E-state index in [1.165, 1.54) is 28.3 Å². The van der Waals surface area contributed by atoms with Crippen molar-refractivity contribution in [1.29, 1.82) is 5.26 Å². The van der Waals surface area contributed by atoms with Gasteiger partial charge in [-0.1, -0.05) is 23.2 Å². The van der Waals surface area contributed by atoms with Crippen LogP contribution in [0.3, 0.4) is 0 Å². The number of aryl methyl sites for hydroxylation is 1. The van der Waals surface area contributed by atoms with Crippen molar-refractivity contribution in [3.05, 3.63) is 49.6 Å². The number of nitrogens with one attached hydrogen (secondary N) is 1. The Labute approximate surface area is 164 Å². The average molecular weight is 413 g/mol. The van der Waals surface area contributed by atoms with E-state index in [1.54, 1.807) is 5.32 Å². The smallest absolute Gasteiger partial charge is 0.280 e. The lowest BCUT2D eigenvalue weighted by molar-refractivity contribution is -0.682. The van der Waals surface area contributed by atoms with Crippen molar-refractivity contribution >= 4 is 45.4 Å². The maximum atomic E-state index is 13.7. The highest BCUT2D eigenvalue weighted by atomic mass is 35.5. The Morgan fingerprint density at radius 2 is 2.19 bits per heavy atom. The van der Waals surface area contributed by atoms with Crippen molar-refractivity contribution in [2.75, 3.05) is 11.9 Å². The van der Waals surface area contributed by atoms with Crippen LogP contribution >= 0.6 is 34.5 Å². The summed E-state index contributed by atoms with van der Waals surface area (Å²) in [6.07, 6.45) is 2.93. The number of fused-ring (bicyclic) bond motifs is 1. The highest BCUT2D eigenvalue weighted by Crippen LogP contribution is 2.38. The van der Waals surface area contributed by atoms with Crippen molar-refractivity contribution in [2.24, 2.45) is 0 Å². The molecule has 0 spiro atoms. The van der Waals surface area contributed by atoms with Crippen LogP contribution < -0.4 is 10.6 Å². The quantitative estimate of drug-likeness (QED) is 0.732. The van der Waals surface area contributed by atoms with Gasteiger partial charge in [-0.3, -0.25) is 4.79 Å². The van der Waals surface area contributed by atoms with Crippen molar-refractivity contribution < 1.29 is 14.5 Å². The molecule has 2 aromatic rings. The minimum absolute atomic E-state index is 0.0292. The van der Waals surface area contributed by atoms with Gasteiger partial charge < -0.3 is 10.6 Å². The first-order valence-electron chi connectivity index (χ1n) is 8.23. The maximum Gasteiger partial charge on any atom is 0.280 e. The molecule has 0 unspecified atom stereocenters. The van der Waals surface area contributed by atoms with E-state index in [4.69, 9.17) is 23.2 Å². The second-order valence-electron chi connectivity index (χ2n) is 6.24. The molecule has 3 N–H and O–H groups in total. The Morgan fingerprint density at radius 3 is 2.92 bits per heavy atom. The molecule has 1 aromatic carbocycles. The van der Waals surface area contributed by atoms with Crippen molar-refractivity contribution in [3.8, 4) is 6.07 Å². The zero-order valence-corrected chi connectivity index (χ0v) is 16.4. The van der Waals surface area contributed by atoms with E-state index in [0.717, 1.165) is 24.8 Å². The highest BCUT2D eigenvalue weighted by molar-refractivity contribution is 7.16. The molecule has 4 nitrogen and oxygen atoms in total. The van der Waals surface area contributed by atoms with Crippen LogP contribution in [-0.2, 0) is 17.6 Å². The Balaban J connectivity index is 1.63. The fraction of sp³-hybridized carbons (Fsp3) is 0.333. The van der Waals surface area contributed by atoms with E-state index in [-0.39, 0.29) is 23.5 Å². The Hall–Kier alpha value is -1.65. The monoisotopic (exact) mass is 412 g/mol. The molecule has 0 aliphatic heterocycles. The third kappa shape index (κ3) is 3.86. The number of benzene rings is 1. The molecule has 0 bridgehead atoms. The molecule has 26 heavy (non-hydrogen) atoms. The number of hydrogen-bond acceptors (Lipinski definition) is 3. The largest absolute Gasteiger partial charge is 0.332 e. The van der Waals surface area contributed by atoms with Gasteiger partial charge >= 0.3 is 0 Å². The molecule has 0 saturated carbocycles. The number of nitrogens with zero attached hydrogens (tertiary/aromatic N) is 1. The summed E-state index contributed by atoms with van der Waals surface area (Å²) in [5.74, 6) is -0.749. The third-order valence-electron chi connectivity index (χ3n) is 4.47. The van der Waals surface area contributed by atoms with Crippen LogP contribution in [-0.4, -0.2) is 12.5 Å². The van der Waals surface area contributed by atoms with Gasteiger partial charge in [0.1, 0.15) is 22.9 Å². The molecule has 1 aliphatic rings. The first-order valence-corrected chi connectivity index (χ1v) is 9.80. The fourth-order valence-electron chi connectivity index (χ4n) is 3.09. The molecule has 136 valence electrons. The summed E-state index contributed by atoms with van der Waals surface area (Å²) in [5.41, 5.74) is 2.24. The van der Waals surface area contributed by atoms with Crippen LogP contribution in [0, 0.1) is 17.1 Å². The molecule has 1 amide bonds. The summed E-state index contributed by atoms with van der Waals surface area (Å²) in [4.78, 5) is 13.5. The lowest BCUT2D eigenvalue weighted by atomic mass is 10.1. The number of carbonyl (C=O) groups excluding carboxylic acids is 1. The molecular formula is C18H17Cl2FN3OS+. The normalized spacial score (nSPS) is 14.0. The summed E-state index contributed by atoms with van der Waals surface area (Å²) in [6.45, 7) is 1.97. The SMILES string of the molecule is C[C@@H]([NH2+]CC(=O)Nc1sc2c(c1C#N)CCC2)c1cc(F)c(Cl)cc1Cl. The Morgan fingerprint density at radius 1 is 1.42 bits per heavy atom. The summed E-state index contributed by atoms with van der Waals surface area (Å²) in [5, 5.41) is 14.9. The minimum atomic E-state index is -0.539. The van der Waals surface area contributed by atoms with E-state index in [9.17, 15) is 14.4 Å². The molecule has 1 atom stereocenters. The molecule has 0 fully saturated rings. The van der Waals surface area contributed by atoms with Gasteiger partial charge in [-0.25, -0.2) is 4.39 Å². The Kier molecular flexibility index (Phi) is 5.83. The van der Waals surface area contributed by atoms with Gasteiger partial charge in [-0.05, 0) is 43.9 Å². The predicted octanol–water partition coefficient (Wildman–Crippen LogP) is 3.82. The van der Waals surface area contributed by atoms with Gasteiger partial charge in [0.15, 0.2) is 6.54 Å². The number of thiophene rings is 1. The topological polar surface area (TPSA) is 69.5 Å². The first kappa shape index (κ1) is 19.1. The molecule has 8 heteroatoms. The van der Waals surface area contributed by atoms with E-state index >= 15 is 0 Å². The maximum absolute atomic E-state index is 13.7. The molecule has 1 heterocycles. The number of nitrogens with two attached hydrogens (primary N) is 1. The van der Waals surface area contributed by atoms with Crippen molar-refractivity contribution in [3.63, 3.8) is 0 Å². The lowest BCUT2D eigenvalue weighted by Gasteiger charge is -2.13. The van der Waals surface area contributed by atoms with E-state index in [2.05, 4.69) is 11.4 Å². The van der Waals surface area contributed by atoms with Crippen molar-refractivity contribution in [2.45, 2.75) is 32.2 Å². The van der Waals surface area contributed by atoms with Crippen LogP contribution in [0.4, 0.5) is 9.39 Å². The van der Waals surface area contributed by atoms with Crippen LogP contribution in [0.25, 0.3) is 0 Å². The van der Waals surface area contributed by atoms with Gasteiger partial charge in [0.2, 0.25) is 0 Å². The average Bonchev–Trinajstić information content (AvgIpc) is 3.16. The minimum Gasteiger partial charge on any atom is -0.332 e. The fourth-order valence-corrected chi connectivity index (χ4v) is 4.90. The molecular weight excluding hydrogens is 396 g/mol. The second-order valence-corrected chi connectivity index (χ2v) is 8.16. The molecule has 0 radical (unpaired) electrons. The van der Waals surface area contributed by atoms with Crippen LogP contribution in [0.15, 0.2) is 12.1 Å². The number of anilines is 1. The van der Waals surface area contributed by atoms with Gasteiger partial charge in [-0.2, -0.15) is 5.26 Å². The van der Waals surface area contributed by atoms with Crippen LogP contribution in [0.1, 0.15) is 41.0 Å². The number of carbonyl (C=O) groups is 1. The van der Waals surface area contributed by atoms with Gasteiger partial charge in [0, 0.05) is 10.4 Å². The number of quaternary nitrogens is 1. The number of halogens is 3.